The molecule has 0 aliphatic rings. The summed E-state index contributed by atoms with van der Waals surface area (Å²) in [5, 5.41) is 16.8. The van der Waals surface area contributed by atoms with Gasteiger partial charge in [0.25, 0.3) is 0 Å². The average molecular weight is 513 g/mol. The maximum atomic E-state index is 10.5. The molecule has 3 N–H and O–H groups in total. The summed E-state index contributed by atoms with van der Waals surface area (Å²) in [5.74, 6) is 2.27. The van der Waals surface area contributed by atoms with Crippen molar-refractivity contribution in [1.29, 1.82) is 0 Å². The number of aliphatic imine (C=N–C) groups is 1. The second kappa shape index (κ2) is 13.3. The van der Waals surface area contributed by atoms with Gasteiger partial charge in [0.1, 0.15) is 11.5 Å². The number of aliphatic hydroxyl groups is 1. The van der Waals surface area contributed by atoms with Gasteiger partial charge >= 0.3 is 0 Å². The van der Waals surface area contributed by atoms with E-state index in [0.29, 0.717) is 19.0 Å². The number of aliphatic hydroxyl groups excluding tert-OH is 1. The Morgan fingerprint density at radius 1 is 1.07 bits per heavy atom. The molecule has 1 unspecified atom stereocenters. The Balaban J connectivity index is 0.00000420. The van der Waals surface area contributed by atoms with Gasteiger partial charge in [0.2, 0.25) is 0 Å². The number of hydrogen-bond acceptors (Lipinski definition) is 4. The molecule has 0 aliphatic heterocycles. The summed E-state index contributed by atoms with van der Waals surface area (Å²) < 4.78 is 10.9. The molecule has 1 atom stereocenters. The molecule has 0 saturated heterocycles. The minimum absolute atomic E-state index is 0. The number of rotatable bonds is 9. The second-order valence-electron chi connectivity index (χ2n) is 6.68. The van der Waals surface area contributed by atoms with Crippen LogP contribution in [0.4, 0.5) is 0 Å². The molecule has 7 heteroatoms. The van der Waals surface area contributed by atoms with E-state index in [0.717, 1.165) is 29.2 Å². The number of guanidine groups is 1. The van der Waals surface area contributed by atoms with Crippen molar-refractivity contribution in [2.24, 2.45) is 4.99 Å². The van der Waals surface area contributed by atoms with E-state index < -0.39 is 6.10 Å². The molecule has 0 aromatic heterocycles. The lowest BCUT2D eigenvalue weighted by Gasteiger charge is -2.16. The second-order valence-corrected chi connectivity index (χ2v) is 6.68. The van der Waals surface area contributed by atoms with Crippen LogP contribution in [-0.4, -0.2) is 37.4 Å². The summed E-state index contributed by atoms with van der Waals surface area (Å²) in [6, 6.07) is 15.3. The fourth-order valence-corrected chi connectivity index (χ4v) is 2.63. The Morgan fingerprint density at radius 2 is 1.79 bits per heavy atom. The molecule has 160 valence electrons. The smallest absolute Gasteiger partial charge is 0.191 e. The summed E-state index contributed by atoms with van der Waals surface area (Å²) in [6.07, 6.45) is -0.519. The van der Waals surface area contributed by atoms with Crippen LogP contribution >= 0.6 is 24.0 Å². The molecular formula is C22H32IN3O3. The van der Waals surface area contributed by atoms with Crippen molar-refractivity contribution in [3.8, 4) is 11.5 Å². The van der Waals surface area contributed by atoms with Crippen LogP contribution in [0.15, 0.2) is 53.5 Å². The van der Waals surface area contributed by atoms with Crippen molar-refractivity contribution in [2.75, 3.05) is 20.2 Å². The van der Waals surface area contributed by atoms with Crippen molar-refractivity contribution in [3.05, 3.63) is 59.7 Å². The summed E-state index contributed by atoms with van der Waals surface area (Å²) in [4.78, 5) is 4.58. The van der Waals surface area contributed by atoms with Crippen molar-refractivity contribution >= 4 is 29.9 Å². The average Bonchev–Trinajstić information content (AvgIpc) is 2.70. The fourth-order valence-electron chi connectivity index (χ4n) is 2.63. The van der Waals surface area contributed by atoms with Gasteiger partial charge in [-0.25, -0.2) is 4.99 Å². The molecule has 0 fully saturated rings. The van der Waals surface area contributed by atoms with Crippen LogP contribution < -0.4 is 20.1 Å². The Labute approximate surface area is 190 Å². The molecule has 2 rings (SSSR count). The number of benzene rings is 2. The molecule has 0 heterocycles. The highest BCUT2D eigenvalue weighted by molar-refractivity contribution is 14.0. The van der Waals surface area contributed by atoms with Crippen molar-refractivity contribution in [2.45, 2.75) is 39.5 Å². The zero-order valence-corrected chi connectivity index (χ0v) is 19.8. The van der Waals surface area contributed by atoms with Gasteiger partial charge in [-0.1, -0.05) is 24.3 Å². The maximum Gasteiger partial charge on any atom is 0.191 e. The van der Waals surface area contributed by atoms with E-state index in [1.165, 1.54) is 0 Å². The van der Waals surface area contributed by atoms with Crippen LogP contribution in [0.25, 0.3) is 0 Å². The predicted molar refractivity (Wildman–Crippen MR) is 128 cm³/mol. The van der Waals surface area contributed by atoms with E-state index >= 15 is 0 Å². The number of halogens is 1. The first-order chi connectivity index (χ1) is 13.5. The maximum absolute atomic E-state index is 10.5. The zero-order valence-electron chi connectivity index (χ0n) is 17.5. The van der Waals surface area contributed by atoms with Crippen molar-refractivity contribution < 1.29 is 14.6 Å². The van der Waals surface area contributed by atoms with Gasteiger partial charge in [0.05, 0.1) is 25.9 Å². The first kappa shape index (κ1) is 25.0. The van der Waals surface area contributed by atoms with Crippen molar-refractivity contribution in [1.82, 2.24) is 10.6 Å². The Kier molecular flexibility index (Phi) is 11.5. The van der Waals surface area contributed by atoms with Crippen LogP contribution in [0.5, 0.6) is 11.5 Å². The van der Waals surface area contributed by atoms with Crippen LogP contribution in [-0.2, 0) is 6.54 Å². The molecule has 0 amide bonds. The van der Waals surface area contributed by atoms with E-state index in [4.69, 9.17) is 9.47 Å². The first-order valence-corrected chi connectivity index (χ1v) is 9.61. The van der Waals surface area contributed by atoms with Gasteiger partial charge in [-0.05, 0) is 56.2 Å². The third kappa shape index (κ3) is 8.91. The highest BCUT2D eigenvalue weighted by Gasteiger charge is 2.09. The summed E-state index contributed by atoms with van der Waals surface area (Å²) in [5.41, 5.74) is 1.88. The minimum atomic E-state index is -0.645. The molecule has 0 aliphatic carbocycles. The van der Waals surface area contributed by atoms with E-state index in [2.05, 4.69) is 15.6 Å². The minimum Gasteiger partial charge on any atom is -0.497 e. The largest absolute Gasteiger partial charge is 0.497 e. The molecule has 0 bridgehead atoms. The molecule has 29 heavy (non-hydrogen) atoms. The van der Waals surface area contributed by atoms with Crippen molar-refractivity contribution in [3.63, 3.8) is 0 Å². The Bertz CT molecular complexity index is 751. The Morgan fingerprint density at radius 3 is 2.41 bits per heavy atom. The standard InChI is InChI=1S/C22H31N3O3.HI/c1-5-23-22(24-14-17-7-6-8-20(13-17)27-4)25-15-21(26)18-9-11-19(12-10-18)28-16(2)3;/h6-13,16,21,26H,5,14-15H2,1-4H3,(H2,23,24,25);1H. The molecule has 0 radical (unpaired) electrons. The highest BCUT2D eigenvalue weighted by Crippen LogP contribution is 2.18. The first-order valence-electron chi connectivity index (χ1n) is 9.61. The SMILES string of the molecule is CCNC(=NCc1cccc(OC)c1)NCC(O)c1ccc(OC(C)C)cc1.I. The molecule has 6 nitrogen and oxygen atoms in total. The topological polar surface area (TPSA) is 75.1 Å². The van der Waals surface area contributed by atoms with Crippen LogP contribution in [0.3, 0.4) is 0 Å². The lowest BCUT2D eigenvalue weighted by Crippen LogP contribution is -2.39. The zero-order chi connectivity index (χ0) is 20.4. The van der Waals surface area contributed by atoms with Gasteiger partial charge < -0.3 is 25.2 Å². The summed E-state index contributed by atoms with van der Waals surface area (Å²) in [7, 11) is 1.65. The van der Waals surface area contributed by atoms with Gasteiger partial charge in [-0.3, -0.25) is 0 Å². The normalized spacial score (nSPS) is 12.1. The number of nitrogens with one attached hydrogen (secondary N) is 2. The third-order valence-electron chi connectivity index (χ3n) is 4.00. The van der Waals surface area contributed by atoms with E-state index in [-0.39, 0.29) is 30.1 Å². The summed E-state index contributed by atoms with van der Waals surface area (Å²) in [6.45, 7) is 7.59. The number of ether oxygens (including phenoxy) is 2. The van der Waals surface area contributed by atoms with E-state index in [1.807, 2.05) is 69.3 Å². The quantitative estimate of drug-likeness (QED) is 0.270. The number of nitrogens with zero attached hydrogens (tertiary/aromatic N) is 1. The number of hydrogen-bond donors (Lipinski definition) is 3. The lowest BCUT2D eigenvalue weighted by molar-refractivity contribution is 0.180. The van der Waals surface area contributed by atoms with E-state index in [9.17, 15) is 5.11 Å². The summed E-state index contributed by atoms with van der Waals surface area (Å²) >= 11 is 0. The fraction of sp³-hybridized carbons (Fsp3) is 0.409. The number of methoxy groups -OCH3 is 1. The highest BCUT2D eigenvalue weighted by atomic mass is 127. The Hall–Kier alpha value is -2.00. The molecule has 0 saturated carbocycles. The van der Waals surface area contributed by atoms with Gasteiger partial charge in [-0.2, -0.15) is 0 Å². The molecule has 2 aromatic rings. The van der Waals surface area contributed by atoms with Crippen LogP contribution in [0, 0.1) is 0 Å². The molecule has 0 spiro atoms. The van der Waals surface area contributed by atoms with Crippen LogP contribution in [0.2, 0.25) is 0 Å². The van der Waals surface area contributed by atoms with Crippen LogP contribution in [0.1, 0.15) is 38.0 Å². The van der Waals surface area contributed by atoms with E-state index in [1.54, 1.807) is 7.11 Å². The molecule has 2 aromatic carbocycles. The lowest BCUT2D eigenvalue weighted by atomic mass is 10.1. The predicted octanol–water partition coefficient (Wildman–Crippen LogP) is 3.89. The van der Waals surface area contributed by atoms with Gasteiger partial charge in [0.15, 0.2) is 5.96 Å². The van der Waals surface area contributed by atoms with Gasteiger partial charge in [0, 0.05) is 13.1 Å². The third-order valence-corrected chi connectivity index (χ3v) is 4.00. The monoisotopic (exact) mass is 513 g/mol. The molecular weight excluding hydrogens is 481 g/mol. The van der Waals surface area contributed by atoms with Gasteiger partial charge in [-0.15, -0.1) is 24.0 Å².